The zero-order valence-corrected chi connectivity index (χ0v) is 16.4. The largest absolute Gasteiger partial charge is 0.351 e. The van der Waals surface area contributed by atoms with Gasteiger partial charge in [-0.2, -0.15) is 5.10 Å². The Bertz CT molecular complexity index is 759. The van der Waals surface area contributed by atoms with Gasteiger partial charge in [0.25, 0.3) is 0 Å². The first kappa shape index (κ1) is 19.1. The Morgan fingerprint density at radius 2 is 1.78 bits per heavy atom. The molecule has 0 aliphatic carbocycles. The van der Waals surface area contributed by atoms with E-state index in [2.05, 4.69) is 44.9 Å². The predicted octanol–water partition coefficient (Wildman–Crippen LogP) is 2.51. The van der Waals surface area contributed by atoms with Crippen molar-refractivity contribution in [3.8, 4) is 0 Å². The summed E-state index contributed by atoms with van der Waals surface area (Å²) in [7, 11) is 1.91. The van der Waals surface area contributed by atoms with Crippen molar-refractivity contribution in [2.75, 3.05) is 30.4 Å². The number of amides is 2. The van der Waals surface area contributed by atoms with Crippen molar-refractivity contribution in [2.45, 2.75) is 38.8 Å². The van der Waals surface area contributed by atoms with Gasteiger partial charge in [0.2, 0.25) is 0 Å². The van der Waals surface area contributed by atoms with Crippen LogP contribution in [-0.2, 0) is 0 Å². The second-order valence-corrected chi connectivity index (χ2v) is 7.31. The van der Waals surface area contributed by atoms with Crippen molar-refractivity contribution >= 4 is 17.5 Å². The minimum atomic E-state index is -0.200. The maximum Gasteiger partial charge on any atom is 0.319 e. The fourth-order valence-electron chi connectivity index (χ4n) is 3.28. The lowest BCUT2D eigenvalue weighted by atomic mass is 10.0. The maximum absolute atomic E-state index is 12.4. The third-order valence-corrected chi connectivity index (χ3v) is 4.95. The molecule has 2 heterocycles. The molecule has 0 bridgehead atoms. The second-order valence-electron chi connectivity index (χ2n) is 7.31. The number of nitrogens with zero attached hydrogens (tertiary/aromatic N) is 3. The number of benzene rings is 1. The van der Waals surface area contributed by atoms with Crippen molar-refractivity contribution in [3.05, 3.63) is 47.7 Å². The minimum Gasteiger partial charge on any atom is -0.351 e. The first-order valence-corrected chi connectivity index (χ1v) is 9.36. The Balaban J connectivity index is 1.59. The number of likely N-dealkylation sites (N-methyl/N-ethyl adjacent to an activating group) is 1. The normalized spacial score (nSPS) is 19.4. The first-order valence-electron chi connectivity index (χ1n) is 9.36. The van der Waals surface area contributed by atoms with Crippen molar-refractivity contribution in [3.63, 3.8) is 0 Å². The fraction of sp³-hybridized carbons (Fsp3) is 0.450. The third kappa shape index (κ3) is 4.74. The molecule has 144 valence electrons. The van der Waals surface area contributed by atoms with Crippen molar-refractivity contribution in [2.24, 2.45) is 0 Å². The molecular weight excluding hydrogens is 340 g/mol. The van der Waals surface area contributed by atoms with Crippen LogP contribution in [0.1, 0.15) is 31.0 Å². The van der Waals surface area contributed by atoms with E-state index in [0.717, 1.165) is 23.7 Å². The summed E-state index contributed by atoms with van der Waals surface area (Å²) < 4.78 is 0. The Morgan fingerprint density at radius 1 is 1.07 bits per heavy atom. The van der Waals surface area contributed by atoms with Crippen molar-refractivity contribution < 1.29 is 4.79 Å². The number of rotatable bonds is 5. The maximum atomic E-state index is 12.4. The molecule has 3 rings (SSSR count). The van der Waals surface area contributed by atoms with Gasteiger partial charge in [-0.1, -0.05) is 26.0 Å². The van der Waals surface area contributed by atoms with E-state index in [-0.39, 0.29) is 18.1 Å². The topological polar surface area (TPSA) is 82.2 Å². The molecule has 0 saturated carbocycles. The first-order chi connectivity index (χ1) is 13.0. The summed E-state index contributed by atoms with van der Waals surface area (Å²) in [6.45, 7) is 7.67. The highest BCUT2D eigenvalue weighted by Gasteiger charge is 2.33. The number of carbonyl (C=O) groups excluding carboxylic acids is 1. The highest BCUT2D eigenvalue weighted by Crippen LogP contribution is 2.19. The summed E-state index contributed by atoms with van der Waals surface area (Å²) in [5.74, 6) is 1.30. The molecular formula is C20H28N6O. The number of hydrogen-bond acceptors (Lipinski definition) is 5. The standard InChI is InChI=1S/C20H28N6O/c1-13(2)15-6-8-16(9-7-15)22-20(27)23-18-12-26(11-17(18)21-4)19-10-5-14(3)24-25-19/h5-10,13,17-18,21H,11-12H2,1-4H3,(H2,22,23,27)/t17-,18-/m1/s1. The van der Waals surface area contributed by atoms with E-state index < -0.39 is 0 Å². The second kappa shape index (κ2) is 8.35. The Morgan fingerprint density at radius 3 is 2.37 bits per heavy atom. The van der Waals surface area contributed by atoms with Crippen LogP contribution in [0.2, 0.25) is 0 Å². The van der Waals surface area contributed by atoms with Gasteiger partial charge in [0.15, 0.2) is 5.82 Å². The van der Waals surface area contributed by atoms with Gasteiger partial charge in [-0.25, -0.2) is 4.79 Å². The van der Waals surface area contributed by atoms with Crippen LogP contribution in [0, 0.1) is 6.92 Å². The number of carbonyl (C=O) groups is 1. The highest BCUT2D eigenvalue weighted by molar-refractivity contribution is 5.89. The van der Waals surface area contributed by atoms with Crippen LogP contribution in [0.5, 0.6) is 0 Å². The molecule has 2 atom stereocenters. The zero-order valence-electron chi connectivity index (χ0n) is 16.4. The Labute approximate surface area is 160 Å². The van der Waals surface area contributed by atoms with E-state index in [0.29, 0.717) is 12.5 Å². The average molecular weight is 368 g/mol. The summed E-state index contributed by atoms with van der Waals surface area (Å²) >= 11 is 0. The molecule has 1 aliphatic rings. The lowest BCUT2D eigenvalue weighted by Crippen LogP contribution is -2.49. The van der Waals surface area contributed by atoms with Crippen LogP contribution >= 0.6 is 0 Å². The molecule has 1 saturated heterocycles. The van der Waals surface area contributed by atoms with Gasteiger partial charge < -0.3 is 20.9 Å². The number of urea groups is 1. The SMILES string of the molecule is CN[C@@H]1CN(c2ccc(C)nn2)C[C@H]1NC(=O)Nc1ccc(C(C)C)cc1. The van der Waals surface area contributed by atoms with Crippen LogP contribution < -0.4 is 20.9 Å². The molecule has 1 aliphatic heterocycles. The molecule has 3 N–H and O–H groups in total. The van der Waals surface area contributed by atoms with Crippen molar-refractivity contribution in [1.82, 2.24) is 20.8 Å². The zero-order chi connectivity index (χ0) is 19.4. The summed E-state index contributed by atoms with van der Waals surface area (Å²) in [4.78, 5) is 14.6. The Hall–Kier alpha value is -2.67. The van der Waals surface area contributed by atoms with Gasteiger partial charge in [-0.05, 0) is 49.7 Å². The van der Waals surface area contributed by atoms with Crippen LogP contribution in [0.15, 0.2) is 36.4 Å². The van der Waals surface area contributed by atoms with E-state index in [4.69, 9.17) is 0 Å². The van der Waals surface area contributed by atoms with E-state index in [9.17, 15) is 4.79 Å². The monoisotopic (exact) mass is 368 g/mol. The lowest BCUT2D eigenvalue weighted by Gasteiger charge is -2.19. The van der Waals surface area contributed by atoms with Crippen LogP contribution in [0.3, 0.4) is 0 Å². The molecule has 7 nitrogen and oxygen atoms in total. The van der Waals surface area contributed by atoms with Gasteiger partial charge in [0.05, 0.1) is 11.7 Å². The van der Waals surface area contributed by atoms with E-state index in [1.807, 2.05) is 50.4 Å². The number of nitrogens with one attached hydrogen (secondary N) is 3. The van der Waals surface area contributed by atoms with Gasteiger partial charge >= 0.3 is 6.03 Å². The summed E-state index contributed by atoms with van der Waals surface area (Å²) in [6, 6.07) is 11.8. The molecule has 7 heteroatoms. The number of anilines is 2. The molecule has 27 heavy (non-hydrogen) atoms. The van der Waals surface area contributed by atoms with Gasteiger partial charge in [-0.3, -0.25) is 0 Å². The van der Waals surface area contributed by atoms with Crippen molar-refractivity contribution in [1.29, 1.82) is 0 Å². The minimum absolute atomic E-state index is 0.0203. The molecule has 0 unspecified atom stereocenters. The van der Waals surface area contributed by atoms with Crippen LogP contribution in [0.4, 0.5) is 16.3 Å². The number of aromatic nitrogens is 2. The summed E-state index contributed by atoms with van der Waals surface area (Å²) in [5.41, 5.74) is 2.93. The molecule has 2 amide bonds. The average Bonchev–Trinajstić information content (AvgIpc) is 3.05. The quantitative estimate of drug-likeness (QED) is 0.755. The van der Waals surface area contributed by atoms with Gasteiger partial charge in [0, 0.05) is 24.8 Å². The number of hydrogen-bond donors (Lipinski definition) is 3. The van der Waals surface area contributed by atoms with E-state index in [1.165, 1.54) is 5.56 Å². The fourth-order valence-corrected chi connectivity index (χ4v) is 3.28. The summed E-state index contributed by atoms with van der Waals surface area (Å²) in [5, 5.41) is 17.7. The summed E-state index contributed by atoms with van der Waals surface area (Å²) in [6.07, 6.45) is 0. The highest BCUT2D eigenvalue weighted by atomic mass is 16.2. The molecule has 0 spiro atoms. The molecule has 0 radical (unpaired) electrons. The predicted molar refractivity (Wildman–Crippen MR) is 108 cm³/mol. The molecule has 1 aromatic carbocycles. The molecule has 1 aromatic heterocycles. The van der Waals surface area contributed by atoms with Gasteiger partial charge in [-0.15, -0.1) is 5.10 Å². The van der Waals surface area contributed by atoms with Crippen LogP contribution in [-0.4, -0.2) is 48.4 Å². The smallest absolute Gasteiger partial charge is 0.319 e. The lowest BCUT2D eigenvalue weighted by molar-refractivity contribution is 0.247. The molecule has 1 fully saturated rings. The third-order valence-electron chi connectivity index (χ3n) is 4.95. The Kier molecular flexibility index (Phi) is 5.91. The van der Waals surface area contributed by atoms with E-state index in [1.54, 1.807) is 0 Å². The molecule has 2 aromatic rings. The van der Waals surface area contributed by atoms with Crippen LogP contribution in [0.25, 0.3) is 0 Å². The van der Waals surface area contributed by atoms with E-state index >= 15 is 0 Å². The number of aryl methyl sites for hydroxylation is 1. The van der Waals surface area contributed by atoms with Gasteiger partial charge in [0.1, 0.15) is 0 Å².